The first kappa shape index (κ1) is 13.5. The molecule has 1 aliphatic rings. The predicted octanol–water partition coefficient (Wildman–Crippen LogP) is 3.31. The van der Waals surface area contributed by atoms with Gasteiger partial charge >= 0.3 is 0 Å². The van der Waals surface area contributed by atoms with Gasteiger partial charge in [-0.25, -0.2) is 9.98 Å². The molecule has 5 nitrogen and oxygen atoms in total. The molecule has 0 radical (unpaired) electrons. The minimum atomic E-state index is -0.273. The molecule has 0 bridgehead atoms. The molecule has 0 saturated heterocycles. The molecule has 1 heterocycles. The van der Waals surface area contributed by atoms with Gasteiger partial charge in [-0.1, -0.05) is 35.9 Å². The number of carbonyl (C=O) groups excluding carboxylic acids is 1. The number of aliphatic hydroxyl groups is 1. The number of fused-ring (bicyclic) bond motifs is 1. The third-order valence-corrected chi connectivity index (χ3v) is 3.24. The van der Waals surface area contributed by atoms with Gasteiger partial charge in [0.2, 0.25) is 0 Å². The molecule has 0 atom stereocenters. The Morgan fingerprint density at radius 2 is 1.95 bits per heavy atom. The highest BCUT2D eigenvalue weighted by atomic mass is 35.5. The number of halogens is 1. The van der Waals surface area contributed by atoms with Gasteiger partial charge < -0.3 is 5.11 Å². The number of hydrogen-bond donors (Lipinski definition) is 1. The molecule has 0 unspecified atom stereocenters. The number of Topliss-reactive ketones (excluding diaryl/α,β-unsaturated/α-hetero) is 1. The summed E-state index contributed by atoms with van der Waals surface area (Å²) < 4.78 is 0. The monoisotopic (exact) mass is 299 g/mol. The molecule has 0 aliphatic heterocycles. The van der Waals surface area contributed by atoms with Gasteiger partial charge in [-0.05, 0) is 13.0 Å². The highest BCUT2D eigenvalue weighted by molar-refractivity contribution is 6.30. The van der Waals surface area contributed by atoms with Crippen LogP contribution in [0.5, 0.6) is 0 Å². The van der Waals surface area contributed by atoms with Gasteiger partial charge in [-0.2, -0.15) is 4.98 Å². The van der Waals surface area contributed by atoms with E-state index in [1.165, 1.54) is 6.21 Å². The van der Waals surface area contributed by atoms with E-state index in [-0.39, 0.29) is 28.2 Å². The Balaban J connectivity index is 1.98. The first-order valence-corrected chi connectivity index (χ1v) is 6.56. The second-order valence-electron chi connectivity index (χ2n) is 4.53. The van der Waals surface area contributed by atoms with Gasteiger partial charge in [0.15, 0.2) is 5.78 Å². The van der Waals surface area contributed by atoms with Crippen molar-refractivity contribution < 1.29 is 9.90 Å². The molecular weight excluding hydrogens is 290 g/mol. The molecule has 0 spiro atoms. The topological polar surface area (TPSA) is 75.4 Å². The first-order chi connectivity index (χ1) is 10.1. The summed E-state index contributed by atoms with van der Waals surface area (Å²) in [6.45, 7) is 1.76. The highest BCUT2D eigenvalue weighted by Gasteiger charge is 2.27. The number of aliphatic imine (C=N–C) groups is 1. The summed E-state index contributed by atoms with van der Waals surface area (Å²) in [5.41, 5.74) is 1.76. The number of allylic oxidation sites excluding steroid dienone is 1. The van der Waals surface area contributed by atoms with Crippen LogP contribution in [0.25, 0.3) is 5.76 Å². The number of ketones is 1. The molecule has 1 N–H and O–H groups in total. The summed E-state index contributed by atoms with van der Waals surface area (Å²) in [5, 5.41) is 10.4. The molecule has 0 fully saturated rings. The second kappa shape index (κ2) is 5.10. The predicted molar refractivity (Wildman–Crippen MR) is 80.3 cm³/mol. The van der Waals surface area contributed by atoms with Crippen molar-refractivity contribution in [3.63, 3.8) is 0 Å². The van der Waals surface area contributed by atoms with Crippen molar-refractivity contribution in [1.82, 2.24) is 9.97 Å². The molecule has 2 aromatic rings. The Kier molecular flexibility index (Phi) is 3.27. The number of aryl methyl sites for hydroxylation is 1. The van der Waals surface area contributed by atoms with Crippen LogP contribution in [-0.4, -0.2) is 27.1 Å². The molecule has 1 aromatic heterocycles. The van der Waals surface area contributed by atoms with Crippen molar-refractivity contribution in [2.75, 3.05) is 0 Å². The fourth-order valence-electron chi connectivity index (χ4n) is 2.10. The summed E-state index contributed by atoms with van der Waals surface area (Å²) in [7, 11) is 0. The lowest BCUT2D eigenvalue weighted by molar-refractivity contribution is 0.104. The van der Waals surface area contributed by atoms with E-state index in [0.717, 1.165) is 0 Å². The van der Waals surface area contributed by atoms with Crippen LogP contribution in [0.1, 0.15) is 21.6 Å². The van der Waals surface area contributed by atoms with E-state index in [1.807, 2.05) is 0 Å². The smallest absolute Gasteiger partial charge is 0.250 e. The summed E-state index contributed by atoms with van der Waals surface area (Å²) in [4.78, 5) is 24.2. The summed E-state index contributed by atoms with van der Waals surface area (Å²) in [6.07, 6.45) is 1.27. The summed E-state index contributed by atoms with van der Waals surface area (Å²) >= 11 is 5.82. The van der Waals surface area contributed by atoms with Gasteiger partial charge in [0, 0.05) is 23.0 Å². The van der Waals surface area contributed by atoms with Crippen molar-refractivity contribution in [2.45, 2.75) is 6.92 Å². The van der Waals surface area contributed by atoms with Crippen LogP contribution in [0.4, 0.5) is 5.95 Å². The number of nitrogens with zero attached hydrogens (tertiary/aromatic N) is 3. The molecule has 21 heavy (non-hydrogen) atoms. The molecule has 0 amide bonds. The van der Waals surface area contributed by atoms with Gasteiger partial charge in [-0.3, -0.25) is 4.79 Å². The van der Waals surface area contributed by atoms with E-state index in [0.29, 0.717) is 16.8 Å². The average molecular weight is 300 g/mol. The van der Waals surface area contributed by atoms with Gasteiger partial charge in [0.25, 0.3) is 5.95 Å². The molecule has 104 valence electrons. The lowest BCUT2D eigenvalue weighted by Crippen LogP contribution is -2.00. The third kappa shape index (κ3) is 2.43. The Labute approximate surface area is 125 Å². The summed E-state index contributed by atoms with van der Waals surface area (Å²) in [6, 6.07) is 8.45. The fourth-order valence-corrected chi connectivity index (χ4v) is 2.33. The van der Waals surface area contributed by atoms with Gasteiger partial charge in [0.1, 0.15) is 10.9 Å². The van der Waals surface area contributed by atoms with Gasteiger partial charge in [0.05, 0.1) is 5.57 Å². The zero-order valence-corrected chi connectivity index (χ0v) is 11.8. The summed E-state index contributed by atoms with van der Waals surface area (Å²) in [5.74, 6) is -0.215. The van der Waals surface area contributed by atoms with Crippen molar-refractivity contribution in [1.29, 1.82) is 0 Å². The van der Waals surface area contributed by atoms with E-state index in [2.05, 4.69) is 15.0 Å². The number of rotatable bonds is 2. The SMILES string of the molecule is Cc1cc(Cl)nc(N=CC2=C(O)c3ccccc3C2=O)n1. The van der Waals surface area contributed by atoms with E-state index >= 15 is 0 Å². The second-order valence-corrected chi connectivity index (χ2v) is 4.91. The average Bonchev–Trinajstić information content (AvgIpc) is 2.69. The Bertz CT molecular complexity index is 792. The van der Waals surface area contributed by atoms with Crippen LogP contribution >= 0.6 is 11.6 Å². The maximum atomic E-state index is 12.2. The molecule has 0 saturated carbocycles. The zero-order chi connectivity index (χ0) is 15.0. The van der Waals surface area contributed by atoms with Crippen molar-refractivity contribution >= 4 is 35.3 Å². The van der Waals surface area contributed by atoms with E-state index in [1.54, 1.807) is 37.3 Å². The number of aromatic nitrogens is 2. The fraction of sp³-hybridized carbons (Fsp3) is 0.0667. The van der Waals surface area contributed by atoms with E-state index in [4.69, 9.17) is 11.6 Å². The number of aliphatic hydroxyl groups excluding tert-OH is 1. The normalized spacial score (nSPS) is 14.1. The highest BCUT2D eigenvalue weighted by Crippen LogP contribution is 2.30. The van der Waals surface area contributed by atoms with Crippen molar-refractivity contribution in [3.05, 3.63) is 57.9 Å². The molecule has 3 rings (SSSR count). The quantitative estimate of drug-likeness (QED) is 0.682. The Morgan fingerprint density at radius 3 is 2.62 bits per heavy atom. The van der Waals surface area contributed by atoms with Gasteiger partial charge in [-0.15, -0.1) is 0 Å². The Hall–Kier alpha value is -2.53. The largest absolute Gasteiger partial charge is 0.506 e. The molecule has 1 aliphatic carbocycles. The number of carbonyl (C=O) groups is 1. The molecular formula is C15H10ClN3O2. The third-order valence-electron chi connectivity index (χ3n) is 3.05. The van der Waals surface area contributed by atoms with Crippen molar-refractivity contribution in [3.8, 4) is 0 Å². The van der Waals surface area contributed by atoms with Crippen LogP contribution in [0.3, 0.4) is 0 Å². The first-order valence-electron chi connectivity index (χ1n) is 6.19. The van der Waals surface area contributed by atoms with Crippen LogP contribution in [-0.2, 0) is 0 Å². The maximum Gasteiger partial charge on any atom is 0.250 e. The standard InChI is InChI=1S/C15H10ClN3O2/c1-8-6-12(16)19-15(18-8)17-7-11-13(20)9-4-2-3-5-10(9)14(11)21/h2-7,20H,1H3. The van der Waals surface area contributed by atoms with Crippen LogP contribution in [0.2, 0.25) is 5.15 Å². The molecule has 6 heteroatoms. The Morgan fingerprint density at radius 1 is 1.24 bits per heavy atom. The lowest BCUT2D eigenvalue weighted by atomic mass is 10.1. The zero-order valence-electron chi connectivity index (χ0n) is 11.0. The minimum Gasteiger partial charge on any atom is -0.506 e. The van der Waals surface area contributed by atoms with E-state index < -0.39 is 0 Å². The van der Waals surface area contributed by atoms with Crippen LogP contribution < -0.4 is 0 Å². The molecule has 1 aromatic carbocycles. The lowest BCUT2D eigenvalue weighted by Gasteiger charge is -1.97. The number of hydrogen-bond acceptors (Lipinski definition) is 5. The van der Waals surface area contributed by atoms with Crippen LogP contribution in [0.15, 0.2) is 40.9 Å². The maximum absolute atomic E-state index is 12.2. The minimum absolute atomic E-state index is 0.0851. The number of benzene rings is 1. The van der Waals surface area contributed by atoms with Crippen LogP contribution in [0, 0.1) is 6.92 Å². The van der Waals surface area contributed by atoms with E-state index in [9.17, 15) is 9.90 Å². The van der Waals surface area contributed by atoms with Crippen molar-refractivity contribution in [2.24, 2.45) is 4.99 Å².